The fourth-order valence-corrected chi connectivity index (χ4v) is 4.45. The Morgan fingerprint density at radius 3 is 2.64 bits per heavy atom. The van der Waals surface area contributed by atoms with Crippen LogP contribution in [0.4, 0.5) is 10.5 Å². The number of halogens is 2. The van der Waals surface area contributed by atoms with E-state index in [2.05, 4.69) is 15.2 Å². The lowest BCUT2D eigenvalue weighted by Gasteiger charge is -2.24. The quantitative estimate of drug-likeness (QED) is 0.521. The number of aromatic nitrogens is 1. The molecule has 1 saturated heterocycles. The predicted molar refractivity (Wildman–Crippen MR) is 130 cm³/mol. The number of aryl methyl sites for hydroxylation is 1. The number of nitrogens with zero attached hydrogens (tertiary/aromatic N) is 3. The first kappa shape index (κ1) is 23.3. The highest BCUT2D eigenvalue weighted by Crippen LogP contribution is 2.34. The third-order valence-corrected chi connectivity index (χ3v) is 6.41. The Kier molecular flexibility index (Phi) is 7.30. The molecule has 7 nitrogen and oxygen atoms in total. The van der Waals surface area contributed by atoms with Crippen molar-refractivity contribution >= 4 is 34.9 Å². The molecule has 1 aliphatic rings. The van der Waals surface area contributed by atoms with Gasteiger partial charge >= 0.3 is 6.03 Å². The molecule has 0 radical (unpaired) electrons. The summed E-state index contributed by atoms with van der Waals surface area (Å²) in [6, 6.07) is 11.2. The maximum Gasteiger partial charge on any atom is 0.317 e. The topological polar surface area (TPSA) is 70.8 Å². The fraction of sp³-hybridized carbons (Fsp3) is 0.333. The second-order valence-corrected chi connectivity index (χ2v) is 8.63. The van der Waals surface area contributed by atoms with Gasteiger partial charge in [-0.2, -0.15) is 0 Å². The maximum absolute atomic E-state index is 12.8. The molecule has 2 amide bonds. The van der Waals surface area contributed by atoms with Crippen LogP contribution in [0.2, 0.25) is 10.0 Å². The third kappa shape index (κ3) is 5.37. The van der Waals surface area contributed by atoms with Gasteiger partial charge in [0.1, 0.15) is 5.75 Å². The van der Waals surface area contributed by atoms with E-state index in [9.17, 15) is 4.79 Å². The molecule has 1 N–H and O–H groups in total. The lowest BCUT2D eigenvalue weighted by Crippen LogP contribution is -2.41. The van der Waals surface area contributed by atoms with E-state index in [0.29, 0.717) is 41.3 Å². The molecule has 0 unspecified atom stereocenters. The zero-order chi connectivity index (χ0) is 23.4. The van der Waals surface area contributed by atoms with Crippen LogP contribution in [0, 0.1) is 6.92 Å². The first-order valence-electron chi connectivity index (χ1n) is 10.8. The zero-order valence-electron chi connectivity index (χ0n) is 18.6. The number of hydrogen-bond acceptors (Lipinski definition) is 5. The van der Waals surface area contributed by atoms with Crippen molar-refractivity contribution in [1.29, 1.82) is 0 Å². The van der Waals surface area contributed by atoms with E-state index in [1.807, 2.05) is 30.0 Å². The lowest BCUT2D eigenvalue weighted by molar-refractivity contribution is 0.201. The summed E-state index contributed by atoms with van der Waals surface area (Å²) in [5.74, 6) is 2.01. The number of anilines is 1. The summed E-state index contributed by atoms with van der Waals surface area (Å²) in [5, 5.41) is 4.03. The summed E-state index contributed by atoms with van der Waals surface area (Å²) in [7, 11) is 1.64. The molecule has 1 aromatic heterocycles. The van der Waals surface area contributed by atoms with Crippen LogP contribution < -0.4 is 15.0 Å². The second-order valence-electron chi connectivity index (χ2n) is 7.81. The summed E-state index contributed by atoms with van der Waals surface area (Å²) >= 11 is 12.4. The molecular formula is C24H26Cl2N4O3. The Bertz CT molecular complexity index is 1110. The second kappa shape index (κ2) is 10.4. The summed E-state index contributed by atoms with van der Waals surface area (Å²) in [4.78, 5) is 21.0. The molecule has 0 spiro atoms. The Labute approximate surface area is 203 Å². The van der Waals surface area contributed by atoms with Gasteiger partial charge in [0.15, 0.2) is 11.7 Å². The van der Waals surface area contributed by atoms with Crippen molar-refractivity contribution in [2.75, 3.05) is 38.2 Å². The molecule has 2 heterocycles. The Hall–Kier alpha value is -2.90. The maximum atomic E-state index is 12.8. The van der Waals surface area contributed by atoms with Crippen LogP contribution in [0.25, 0.3) is 11.3 Å². The SMILES string of the molecule is COc1cc(N2CCCN(C(=O)NCc3c(Cl)cccc3Cl)CC2)ccc1-c1cnc(C)o1. The number of nitrogens with one attached hydrogen (secondary N) is 1. The molecule has 2 aromatic carbocycles. The van der Waals surface area contributed by atoms with Crippen LogP contribution in [0.5, 0.6) is 5.75 Å². The highest BCUT2D eigenvalue weighted by atomic mass is 35.5. The number of carbonyl (C=O) groups is 1. The number of urea groups is 1. The predicted octanol–water partition coefficient (Wildman–Crippen LogP) is 5.39. The van der Waals surface area contributed by atoms with Crippen molar-refractivity contribution in [2.24, 2.45) is 0 Å². The first-order chi connectivity index (χ1) is 16.0. The number of rotatable bonds is 5. The number of oxazole rings is 1. The molecule has 33 heavy (non-hydrogen) atoms. The van der Waals surface area contributed by atoms with E-state index >= 15 is 0 Å². The molecule has 3 aromatic rings. The van der Waals surface area contributed by atoms with Crippen molar-refractivity contribution in [1.82, 2.24) is 15.2 Å². The van der Waals surface area contributed by atoms with Gasteiger partial charge in [-0.05, 0) is 30.7 Å². The minimum atomic E-state index is -0.124. The summed E-state index contributed by atoms with van der Waals surface area (Å²) in [5.41, 5.74) is 2.62. The molecule has 0 aliphatic carbocycles. The minimum Gasteiger partial charge on any atom is -0.496 e. The normalized spacial score (nSPS) is 14.2. The summed E-state index contributed by atoms with van der Waals surface area (Å²) < 4.78 is 11.3. The number of amides is 2. The van der Waals surface area contributed by atoms with Crippen molar-refractivity contribution in [3.8, 4) is 17.1 Å². The Morgan fingerprint density at radius 1 is 1.15 bits per heavy atom. The smallest absolute Gasteiger partial charge is 0.317 e. The van der Waals surface area contributed by atoms with E-state index in [-0.39, 0.29) is 12.6 Å². The van der Waals surface area contributed by atoms with E-state index < -0.39 is 0 Å². The van der Waals surface area contributed by atoms with Gasteiger partial charge in [-0.25, -0.2) is 9.78 Å². The number of methoxy groups -OCH3 is 1. The van der Waals surface area contributed by atoms with Gasteiger partial charge < -0.3 is 24.3 Å². The van der Waals surface area contributed by atoms with Crippen molar-refractivity contribution < 1.29 is 13.9 Å². The van der Waals surface area contributed by atoms with Gasteiger partial charge in [0.05, 0.1) is 18.9 Å². The molecule has 0 atom stereocenters. The zero-order valence-corrected chi connectivity index (χ0v) is 20.1. The van der Waals surface area contributed by atoms with E-state index in [1.165, 1.54) is 0 Å². The van der Waals surface area contributed by atoms with Crippen LogP contribution >= 0.6 is 23.2 Å². The first-order valence-corrected chi connectivity index (χ1v) is 11.5. The van der Waals surface area contributed by atoms with Gasteiger partial charge in [0, 0.05) is 67.0 Å². The van der Waals surface area contributed by atoms with Crippen molar-refractivity contribution in [3.05, 3.63) is 64.1 Å². The molecule has 174 valence electrons. The van der Waals surface area contributed by atoms with Gasteiger partial charge in [-0.15, -0.1) is 0 Å². The standard InChI is InChI=1S/C24H26Cl2N4O3/c1-16-27-15-23(33-16)18-8-7-17(13-22(18)32-2)29-9-4-10-30(12-11-29)24(31)28-14-19-20(25)5-3-6-21(19)26/h3,5-8,13,15H,4,9-12,14H2,1-2H3,(H,28,31). The van der Waals surface area contributed by atoms with E-state index in [0.717, 1.165) is 35.5 Å². The van der Waals surface area contributed by atoms with Gasteiger partial charge in [0.25, 0.3) is 0 Å². The van der Waals surface area contributed by atoms with E-state index in [4.69, 9.17) is 32.4 Å². The largest absolute Gasteiger partial charge is 0.496 e. The van der Waals surface area contributed by atoms with Crippen LogP contribution in [0.15, 0.2) is 47.0 Å². The molecule has 1 aliphatic heterocycles. The minimum absolute atomic E-state index is 0.124. The Balaban J connectivity index is 1.40. The van der Waals surface area contributed by atoms with Crippen molar-refractivity contribution in [2.45, 2.75) is 19.9 Å². The van der Waals surface area contributed by atoms with Crippen LogP contribution in [-0.4, -0.2) is 49.2 Å². The average molecular weight is 489 g/mol. The van der Waals surface area contributed by atoms with E-state index in [1.54, 1.807) is 31.5 Å². The highest BCUT2D eigenvalue weighted by molar-refractivity contribution is 6.36. The van der Waals surface area contributed by atoms with Gasteiger partial charge in [-0.3, -0.25) is 0 Å². The average Bonchev–Trinajstić information content (AvgIpc) is 3.09. The third-order valence-electron chi connectivity index (χ3n) is 5.70. The monoisotopic (exact) mass is 488 g/mol. The van der Waals surface area contributed by atoms with Crippen LogP contribution in [-0.2, 0) is 6.54 Å². The Morgan fingerprint density at radius 2 is 1.94 bits per heavy atom. The molecule has 0 bridgehead atoms. The van der Waals surface area contributed by atoms with Crippen LogP contribution in [0.1, 0.15) is 17.9 Å². The molecule has 0 saturated carbocycles. The van der Waals surface area contributed by atoms with Crippen molar-refractivity contribution in [3.63, 3.8) is 0 Å². The summed E-state index contributed by atoms with van der Waals surface area (Å²) in [6.07, 6.45) is 2.55. The van der Waals surface area contributed by atoms with Gasteiger partial charge in [-0.1, -0.05) is 29.3 Å². The number of carbonyl (C=O) groups excluding carboxylic acids is 1. The number of benzene rings is 2. The van der Waals surface area contributed by atoms with Crippen LogP contribution in [0.3, 0.4) is 0 Å². The van der Waals surface area contributed by atoms with Gasteiger partial charge in [0.2, 0.25) is 0 Å². The number of ether oxygens (including phenoxy) is 1. The number of hydrogen-bond donors (Lipinski definition) is 1. The molecule has 4 rings (SSSR count). The molecule has 1 fully saturated rings. The lowest BCUT2D eigenvalue weighted by atomic mass is 10.1. The fourth-order valence-electron chi connectivity index (χ4n) is 3.92. The summed E-state index contributed by atoms with van der Waals surface area (Å²) in [6.45, 7) is 4.93. The molecule has 9 heteroatoms. The highest BCUT2D eigenvalue weighted by Gasteiger charge is 2.21. The molecular weight excluding hydrogens is 463 g/mol.